The van der Waals surface area contributed by atoms with Crippen LogP contribution in [-0.2, 0) is 0 Å². The van der Waals surface area contributed by atoms with Crippen LogP contribution >= 0.6 is 0 Å². The van der Waals surface area contributed by atoms with Crippen LogP contribution in [0.5, 0.6) is 5.75 Å². The molecule has 0 bridgehead atoms. The molecule has 2 N–H and O–H groups in total. The molecule has 4 heteroatoms. The van der Waals surface area contributed by atoms with Crippen molar-refractivity contribution in [1.29, 1.82) is 0 Å². The molecule has 0 spiro atoms. The lowest BCUT2D eigenvalue weighted by Gasteiger charge is -1.97. The molecular weight excluding hydrogens is 180 g/mol. The van der Waals surface area contributed by atoms with Crippen molar-refractivity contribution in [2.24, 2.45) is 0 Å². The first-order chi connectivity index (χ1) is 6.70. The third-order valence-electron chi connectivity index (χ3n) is 2.10. The topological polar surface area (TPSA) is 58.1 Å². The van der Waals surface area contributed by atoms with Crippen LogP contribution in [-0.4, -0.2) is 22.2 Å². The summed E-state index contributed by atoms with van der Waals surface area (Å²) in [6.07, 6.45) is -0.576. The van der Waals surface area contributed by atoms with E-state index in [-0.39, 0.29) is 0 Å². The predicted octanol–water partition coefficient (Wildman–Crippen LogP) is 1.62. The van der Waals surface area contributed by atoms with E-state index in [0.29, 0.717) is 5.82 Å². The normalized spacial score (nSPS) is 13.1. The minimum atomic E-state index is -0.576. The minimum Gasteiger partial charge on any atom is -0.497 e. The fraction of sp³-hybridized carbons (Fsp3) is 0.300. The van der Waals surface area contributed by atoms with Gasteiger partial charge in [-0.25, -0.2) is 4.98 Å². The van der Waals surface area contributed by atoms with Gasteiger partial charge in [0.2, 0.25) is 0 Å². The maximum absolute atomic E-state index is 9.33. The molecule has 1 atom stereocenters. The lowest BCUT2D eigenvalue weighted by molar-refractivity contribution is 0.190. The van der Waals surface area contributed by atoms with E-state index in [1.54, 1.807) is 14.0 Å². The van der Waals surface area contributed by atoms with Gasteiger partial charge < -0.3 is 14.8 Å². The average Bonchev–Trinajstić information content (AvgIpc) is 2.59. The zero-order valence-electron chi connectivity index (χ0n) is 8.11. The van der Waals surface area contributed by atoms with Crippen LogP contribution in [0.25, 0.3) is 11.0 Å². The predicted molar refractivity (Wildman–Crippen MR) is 53.3 cm³/mol. The SMILES string of the molecule is COc1ccc2nc([C@H](C)O)[nH]c2c1. The highest BCUT2D eigenvalue weighted by Gasteiger charge is 2.07. The first kappa shape index (κ1) is 9.02. The molecule has 74 valence electrons. The molecule has 14 heavy (non-hydrogen) atoms. The number of ether oxygens (including phenoxy) is 1. The minimum absolute atomic E-state index is 0.576. The molecule has 0 unspecified atom stereocenters. The number of benzene rings is 1. The maximum atomic E-state index is 9.33. The number of aliphatic hydroxyl groups is 1. The van der Waals surface area contributed by atoms with Crippen molar-refractivity contribution in [1.82, 2.24) is 9.97 Å². The van der Waals surface area contributed by atoms with E-state index in [1.807, 2.05) is 18.2 Å². The van der Waals surface area contributed by atoms with Crippen LogP contribution in [0.1, 0.15) is 18.9 Å². The summed E-state index contributed by atoms with van der Waals surface area (Å²) < 4.78 is 5.08. The summed E-state index contributed by atoms with van der Waals surface area (Å²) in [5.41, 5.74) is 1.71. The van der Waals surface area contributed by atoms with Crippen molar-refractivity contribution in [3.63, 3.8) is 0 Å². The van der Waals surface area contributed by atoms with Gasteiger partial charge in [-0.2, -0.15) is 0 Å². The lowest BCUT2D eigenvalue weighted by Crippen LogP contribution is -1.92. The Labute approximate surface area is 81.5 Å². The first-order valence-corrected chi connectivity index (χ1v) is 4.42. The van der Waals surface area contributed by atoms with Crippen molar-refractivity contribution < 1.29 is 9.84 Å². The van der Waals surface area contributed by atoms with Crippen LogP contribution in [0.4, 0.5) is 0 Å². The number of imidazole rings is 1. The van der Waals surface area contributed by atoms with Gasteiger partial charge in [-0.3, -0.25) is 0 Å². The van der Waals surface area contributed by atoms with Crippen LogP contribution in [0.15, 0.2) is 18.2 Å². The van der Waals surface area contributed by atoms with E-state index >= 15 is 0 Å². The highest BCUT2D eigenvalue weighted by Crippen LogP contribution is 2.20. The maximum Gasteiger partial charge on any atom is 0.135 e. The quantitative estimate of drug-likeness (QED) is 0.760. The number of nitrogens with one attached hydrogen (secondary N) is 1. The number of methoxy groups -OCH3 is 1. The third kappa shape index (κ3) is 1.44. The molecule has 0 saturated heterocycles. The number of hydrogen-bond donors (Lipinski definition) is 2. The molecule has 2 rings (SSSR count). The Hall–Kier alpha value is -1.55. The Morgan fingerprint density at radius 2 is 2.29 bits per heavy atom. The Bertz CT molecular complexity index is 448. The molecule has 1 aromatic heterocycles. The monoisotopic (exact) mass is 192 g/mol. The van der Waals surface area contributed by atoms with Crippen LogP contribution in [0.2, 0.25) is 0 Å². The molecule has 0 aliphatic heterocycles. The van der Waals surface area contributed by atoms with Crippen molar-refractivity contribution in [3.05, 3.63) is 24.0 Å². The molecule has 1 aromatic carbocycles. The molecule has 1 heterocycles. The van der Waals surface area contributed by atoms with Crippen molar-refractivity contribution in [2.45, 2.75) is 13.0 Å². The standard InChI is InChI=1S/C10H12N2O2/c1-6(13)10-11-8-4-3-7(14-2)5-9(8)12-10/h3-6,13H,1-2H3,(H,11,12)/t6-/m0/s1. The van der Waals surface area contributed by atoms with Gasteiger partial charge in [0.25, 0.3) is 0 Å². The fourth-order valence-corrected chi connectivity index (χ4v) is 1.33. The largest absolute Gasteiger partial charge is 0.497 e. The summed E-state index contributed by atoms with van der Waals surface area (Å²) >= 11 is 0. The van der Waals surface area contributed by atoms with Gasteiger partial charge in [-0.1, -0.05) is 0 Å². The van der Waals surface area contributed by atoms with E-state index in [1.165, 1.54) is 0 Å². The zero-order valence-corrected chi connectivity index (χ0v) is 8.11. The molecule has 0 radical (unpaired) electrons. The van der Waals surface area contributed by atoms with Gasteiger partial charge in [0, 0.05) is 6.07 Å². The second-order valence-electron chi connectivity index (χ2n) is 3.18. The van der Waals surface area contributed by atoms with Gasteiger partial charge in [-0.05, 0) is 19.1 Å². The molecule has 0 amide bonds. The summed E-state index contributed by atoms with van der Waals surface area (Å²) in [6.45, 7) is 1.68. The number of aromatic amines is 1. The number of aliphatic hydroxyl groups excluding tert-OH is 1. The van der Waals surface area contributed by atoms with Gasteiger partial charge in [0.15, 0.2) is 0 Å². The number of rotatable bonds is 2. The van der Waals surface area contributed by atoms with Crippen molar-refractivity contribution >= 4 is 11.0 Å². The number of hydrogen-bond acceptors (Lipinski definition) is 3. The lowest BCUT2D eigenvalue weighted by atomic mass is 10.3. The van der Waals surface area contributed by atoms with E-state index in [0.717, 1.165) is 16.8 Å². The second-order valence-corrected chi connectivity index (χ2v) is 3.18. The van der Waals surface area contributed by atoms with Crippen LogP contribution in [0, 0.1) is 0 Å². The highest BCUT2D eigenvalue weighted by atomic mass is 16.5. The zero-order chi connectivity index (χ0) is 10.1. The van der Waals surface area contributed by atoms with E-state index in [2.05, 4.69) is 9.97 Å². The number of H-pyrrole nitrogens is 1. The highest BCUT2D eigenvalue weighted by molar-refractivity contribution is 5.76. The fourth-order valence-electron chi connectivity index (χ4n) is 1.33. The summed E-state index contributed by atoms with van der Waals surface area (Å²) in [5.74, 6) is 1.35. The Balaban J connectivity index is 2.54. The number of fused-ring (bicyclic) bond motifs is 1. The Morgan fingerprint density at radius 1 is 1.50 bits per heavy atom. The Kier molecular flexibility index (Phi) is 2.13. The summed E-state index contributed by atoms with van der Waals surface area (Å²) in [5, 5.41) is 9.33. The van der Waals surface area contributed by atoms with Gasteiger partial charge in [-0.15, -0.1) is 0 Å². The van der Waals surface area contributed by atoms with E-state index < -0.39 is 6.10 Å². The van der Waals surface area contributed by atoms with Gasteiger partial charge >= 0.3 is 0 Å². The van der Waals surface area contributed by atoms with Crippen LogP contribution in [0.3, 0.4) is 0 Å². The van der Waals surface area contributed by atoms with Gasteiger partial charge in [0.05, 0.1) is 18.1 Å². The molecule has 0 aliphatic rings. The van der Waals surface area contributed by atoms with Crippen molar-refractivity contribution in [2.75, 3.05) is 7.11 Å². The second kappa shape index (κ2) is 3.31. The first-order valence-electron chi connectivity index (χ1n) is 4.42. The average molecular weight is 192 g/mol. The van der Waals surface area contributed by atoms with Crippen molar-refractivity contribution in [3.8, 4) is 5.75 Å². The summed E-state index contributed by atoms with van der Waals surface area (Å²) in [6, 6.07) is 5.56. The molecule has 0 fully saturated rings. The van der Waals surface area contributed by atoms with E-state index in [9.17, 15) is 5.11 Å². The number of nitrogens with zero attached hydrogens (tertiary/aromatic N) is 1. The third-order valence-corrected chi connectivity index (χ3v) is 2.10. The summed E-state index contributed by atoms with van der Waals surface area (Å²) in [7, 11) is 1.62. The molecule has 0 saturated carbocycles. The molecule has 2 aromatic rings. The van der Waals surface area contributed by atoms with E-state index in [4.69, 9.17) is 4.74 Å². The Morgan fingerprint density at radius 3 is 2.93 bits per heavy atom. The molecular formula is C10H12N2O2. The van der Waals surface area contributed by atoms with Gasteiger partial charge in [0.1, 0.15) is 17.7 Å². The molecule has 0 aliphatic carbocycles. The molecule has 4 nitrogen and oxygen atoms in total. The summed E-state index contributed by atoms with van der Waals surface area (Å²) in [4.78, 5) is 7.26. The number of aromatic nitrogens is 2. The smallest absolute Gasteiger partial charge is 0.135 e. The van der Waals surface area contributed by atoms with Crippen LogP contribution < -0.4 is 4.74 Å².